The Kier molecular flexibility index (Phi) is 4.20. The average Bonchev–Trinajstić information content (AvgIpc) is 2.47. The quantitative estimate of drug-likeness (QED) is 0.509. The highest BCUT2D eigenvalue weighted by Gasteiger charge is 2.10. The van der Waals surface area contributed by atoms with E-state index in [1.54, 1.807) is 7.11 Å². The zero-order chi connectivity index (χ0) is 14.5. The molecular formula is C15H16N2O3. The van der Waals surface area contributed by atoms with Crippen LogP contribution in [0.5, 0.6) is 5.75 Å². The number of hydrogen-bond donors (Lipinski definition) is 2. The van der Waals surface area contributed by atoms with Crippen LogP contribution in [0, 0.1) is 0 Å². The van der Waals surface area contributed by atoms with Crippen molar-refractivity contribution in [3.05, 3.63) is 42.0 Å². The van der Waals surface area contributed by atoms with E-state index < -0.39 is 0 Å². The van der Waals surface area contributed by atoms with Crippen molar-refractivity contribution >= 4 is 22.4 Å². The zero-order valence-corrected chi connectivity index (χ0v) is 11.4. The Bertz CT molecular complexity index is 665. The first-order valence-corrected chi connectivity index (χ1v) is 6.18. The van der Waals surface area contributed by atoms with E-state index in [0.29, 0.717) is 5.71 Å². The molecule has 2 N–H and O–H groups in total. The molecule has 0 aliphatic carbocycles. The lowest BCUT2D eigenvalue weighted by Gasteiger charge is -2.10. The van der Waals surface area contributed by atoms with Gasteiger partial charge in [-0.3, -0.25) is 4.79 Å². The summed E-state index contributed by atoms with van der Waals surface area (Å²) < 4.78 is 5.22. The van der Waals surface area contributed by atoms with Crippen molar-refractivity contribution in [2.24, 2.45) is 5.16 Å². The molecule has 0 aromatic heterocycles. The van der Waals surface area contributed by atoms with Gasteiger partial charge in [0.1, 0.15) is 11.5 Å². The lowest BCUT2D eigenvalue weighted by atomic mass is 10.0. The van der Waals surface area contributed by atoms with Crippen LogP contribution in [0.15, 0.2) is 41.6 Å². The molecule has 0 saturated heterocycles. The predicted molar refractivity (Wildman–Crippen MR) is 77.5 cm³/mol. The maximum absolute atomic E-state index is 11.0. The second-order valence-electron chi connectivity index (χ2n) is 4.35. The molecule has 1 amide bonds. The number of nitrogens with zero attached hydrogens (tertiary/aromatic N) is 1. The number of oxime groups is 1. The summed E-state index contributed by atoms with van der Waals surface area (Å²) in [6.07, 6.45) is 0. The monoisotopic (exact) mass is 272 g/mol. The molecule has 2 aromatic rings. The summed E-state index contributed by atoms with van der Waals surface area (Å²) in [6, 6.07) is 11.4. The lowest BCUT2D eigenvalue weighted by molar-refractivity contribution is -0.118. The van der Waals surface area contributed by atoms with Crippen molar-refractivity contribution in [2.75, 3.05) is 13.7 Å². The fraction of sp³-hybridized carbons (Fsp3) is 0.200. The second-order valence-corrected chi connectivity index (χ2v) is 4.35. The molecule has 2 rings (SSSR count). The minimum atomic E-state index is -0.177. The van der Waals surface area contributed by atoms with Crippen LogP contribution in [-0.4, -0.2) is 30.5 Å². The maximum atomic E-state index is 11.0. The number of rotatable bonds is 4. The van der Waals surface area contributed by atoms with Gasteiger partial charge >= 0.3 is 0 Å². The van der Waals surface area contributed by atoms with Gasteiger partial charge in [0, 0.05) is 12.5 Å². The number of carbonyl (C=O) groups excluding carboxylic acids is 1. The van der Waals surface area contributed by atoms with Crippen molar-refractivity contribution in [3.63, 3.8) is 0 Å². The summed E-state index contributed by atoms with van der Waals surface area (Å²) >= 11 is 0. The number of carbonyl (C=O) groups is 1. The van der Waals surface area contributed by atoms with Crippen molar-refractivity contribution < 1.29 is 14.7 Å². The summed E-state index contributed by atoms with van der Waals surface area (Å²) in [5.74, 6) is 0.547. The Morgan fingerprint density at radius 3 is 2.80 bits per heavy atom. The van der Waals surface area contributed by atoms with Crippen LogP contribution < -0.4 is 10.1 Å². The number of ether oxygens (including phenoxy) is 1. The normalized spacial score (nSPS) is 11.4. The van der Waals surface area contributed by atoms with Gasteiger partial charge in [0.05, 0.1) is 13.7 Å². The van der Waals surface area contributed by atoms with Gasteiger partial charge in [-0.15, -0.1) is 0 Å². The molecule has 0 heterocycles. The molecule has 0 bridgehead atoms. The zero-order valence-electron chi connectivity index (χ0n) is 11.4. The van der Waals surface area contributed by atoms with Crippen LogP contribution in [0.3, 0.4) is 0 Å². The van der Waals surface area contributed by atoms with E-state index >= 15 is 0 Å². The lowest BCUT2D eigenvalue weighted by Crippen LogP contribution is -2.27. The van der Waals surface area contributed by atoms with Crippen LogP contribution in [0.2, 0.25) is 0 Å². The number of amides is 1. The molecular weight excluding hydrogens is 256 g/mol. The standard InChI is InChI=1S/C15H16N2O3/c1-10(18)16-9-15(17-19)13-5-3-4-11-6-7-12(20-2)8-14(11)13/h3-8,19H,9H2,1-2H3,(H,16,18)/b17-15-. The predicted octanol–water partition coefficient (Wildman–Crippen LogP) is 2.16. The van der Waals surface area contributed by atoms with E-state index in [4.69, 9.17) is 4.74 Å². The summed E-state index contributed by atoms with van der Waals surface area (Å²) in [5, 5.41) is 17.0. The molecule has 20 heavy (non-hydrogen) atoms. The van der Waals surface area contributed by atoms with Crippen LogP contribution in [0.25, 0.3) is 10.8 Å². The van der Waals surface area contributed by atoms with E-state index in [0.717, 1.165) is 22.1 Å². The second kappa shape index (κ2) is 6.06. The molecule has 2 aromatic carbocycles. The topological polar surface area (TPSA) is 70.9 Å². The summed E-state index contributed by atoms with van der Waals surface area (Å²) in [5.41, 5.74) is 1.16. The third-order valence-electron chi connectivity index (χ3n) is 3.03. The Balaban J connectivity index is 2.48. The van der Waals surface area contributed by atoms with Crippen LogP contribution in [-0.2, 0) is 4.79 Å². The largest absolute Gasteiger partial charge is 0.497 e. The van der Waals surface area contributed by atoms with Crippen LogP contribution in [0.1, 0.15) is 12.5 Å². The Morgan fingerprint density at radius 1 is 1.35 bits per heavy atom. The molecule has 0 aliphatic rings. The van der Waals surface area contributed by atoms with Crippen LogP contribution >= 0.6 is 0 Å². The number of methoxy groups -OCH3 is 1. The first kappa shape index (κ1) is 13.9. The van der Waals surface area contributed by atoms with Crippen molar-refractivity contribution in [1.82, 2.24) is 5.32 Å². The Morgan fingerprint density at radius 2 is 2.15 bits per heavy atom. The SMILES string of the molecule is COc1ccc2cccc(/C(CNC(C)=O)=N\O)c2c1. The highest BCUT2D eigenvalue weighted by atomic mass is 16.5. The molecule has 0 saturated carbocycles. The first-order valence-electron chi connectivity index (χ1n) is 6.18. The van der Waals surface area contributed by atoms with Crippen LogP contribution in [0.4, 0.5) is 0 Å². The fourth-order valence-electron chi connectivity index (χ4n) is 2.02. The number of fused-ring (bicyclic) bond motifs is 1. The molecule has 0 unspecified atom stereocenters. The Labute approximate surface area is 116 Å². The molecule has 5 nitrogen and oxygen atoms in total. The van der Waals surface area contributed by atoms with Gasteiger partial charge < -0.3 is 15.3 Å². The summed E-state index contributed by atoms with van der Waals surface area (Å²) in [4.78, 5) is 11.0. The molecule has 0 spiro atoms. The van der Waals surface area contributed by atoms with Crippen molar-refractivity contribution in [3.8, 4) is 5.75 Å². The fourth-order valence-corrected chi connectivity index (χ4v) is 2.02. The summed E-state index contributed by atoms with van der Waals surface area (Å²) in [6.45, 7) is 1.59. The van der Waals surface area contributed by atoms with E-state index in [-0.39, 0.29) is 12.5 Å². The number of hydrogen-bond acceptors (Lipinski definition) is 4. The smallest absolute Gasteiger partial charge is 0.217 e. The van der Waals surface area contributed by atoms with Crippen molar-refractivity contribution in [2.45, 2.75) is 6.92 Å². The Hall–Kier alpha value is -2.56. The van der Waals surface area contributed by atoms with Gasteiger partial charge in [0.15, 0.2) is 0 Å². The molecule has 104 valence electrons. The third kappa shape index (κ3) is 2.88. The highest BCUT2D eigenvalue weighted by Crippen LogP contribution is 2.24. The van der Waals surface area contributed by atoms with Gasteiger partial charge in [0.2, 0.25) is 5.91 Å². The minimum Gasteiger partial charge on any atom is -0.497 e. The molecule has 0 aliphatic heterocycles. The van der Waals surface area contributed by atoms with E-state index in [9.17, 15) is 10.0 Å². The first-order chi connectivity index (χ1) is 9.65. The average molecular weight is 272 g/mol. The number of nitrogens with one attached hydrogen (secondary N) is 1. The van der Waals surface area contributed by atoms with Gasteiger partial charge in [-0.25, -0.2) is 0 Å². The van der Waals surface area contributed by atoms with E-state index in [2.05, 4.69) is 10.5 Å². The van der Waals surface area contributed by atoms with Gasteiger partial charge in [0.25, 0.3) is 0 Å². The van der Waals surface area contributed by atoms with Gasteiger partial charge in [-0.05, 0) is 22.9 Å². The van der Waals surface area contributed by atoms with Gasteiger partial charge in [-0.2, -0.15) is 0 Å². The molecule has 0 fully saturated rings. The highest BCUT2D eigenvalue weighted by molar-refractivity contribution is 6.12. The minimum absolute atomic E-state index is 0.169. The molecule has 5 heteroatoms. The van der Waals surface area contributed by atoms with Gasteiger partial charge in [-0.1, -0.05) is 29.4 Å². The molecule has 0 atom stereocenters. The molecule has 0 radical (unpaired) electrons. The number of benzene rings is 2. The van der Waals surface area contributed by atoms with E-state index in [1.807, 2.05) is 36.4 Å². The van der Waals surface area contributed by atoms with E-state index in [1.165, 1.54) is 6.92 Å². The maximum Gasteiger partial charge on any atom is 0.217 e. The van der Waals surface area contributed by atoms with Crippen molar-refractivity contribution in [1.29, 1.82) is 0 Å². The summed E-state index contributed by atoms with van der Waals surface area (Å²) in [7, 11) is 1.60. The third-order valence-corrected chi connectivity index (χ3v) is 3.03.